The summed E-state index contributed by atoms with van der Waals surface area (Å²) in [6, 6.07) is 9.74. The summed E-state index contributed by atoms with van der Waals surface area (Å²) >= 11 is 17.2. The van der Waals surface area contributed by atoms with Crippen LogP contribution in [0, 0.1) is 0 Å². The van der Waals surface area contributed by atoms with Crippen LogP contribution in [0.15, 0.2) is 41.3 Å². The highest BCUT2D eigenvalue weighted by molar-refractivity contribution is 7.89. The Morgan fingerprint density at radius 1 is 1.04 bits per heavy atom. The van der Waals surface area contributed by atoms with Gasteiger partial charge in [0.1, 0.15) is 4.90 Å². The summed E-state index contributed by atoms with van der Waals surface area (Å²) in [6.45, 7) is 0. The largest absolute Gasteiger partial charge is 0.504 e. The first-order valence-corrected chi connectivity index (χ1v) is 9.51. The Balaban J connectivity index is 2.32. The predicted octanol–water partition coefficient (Wildman–Crippen LogP) is 3.76. The van der Waals surface area contributed by atoms with E-state index < -0.39 is 20.7 Å². The molecule has 2 aromatic rings. The van der Waals surface area contributed by atoms with Crippen molar-refractivity contribution < 1.29 is 13.5 Å². The molecule has 0 heterocycles. The lowest BCUT2D eigenvalue weighted by atomic mass is 10.3. The van der Waals surface area contributed by atoms with Gasteiger partial charge in [0, 0.05) is 14.1 Å². The van der Waals surface area contributed by atoms with Crippen LogP contribution in [-0.2, 0) is 10.0 Å². The van der Waals surface area contributed by atoms with Crippen molar-refractivity contribution in [3.05, 3.63) is 46.4 Å². The van der Waals surface area contributed by atoms with Crippen LogP contribution in [-0.4, -0.2) is 37.0 Å². The topological polar surface area (TPSA) is 81.7 Å². The van der Waals surface area contributed by atoms with Gasteiger partial charge in [-0.05, 0) is 36.5 Å². The van der Waals surface area contributed by atoms with E-state index in [-0.39, 0.29) is 15.8 Å². The van der Waals surface area contributed by atoms with Crippen LogP contribution >= 0.6 is 35.4 Å². The SMILES string of the molecule is CN(C)S(=O)(=O)c1c(Cl)ccc(NC(=S)Nc2ccccc2Cl)c1O. The molecule has 3 N–H and O–H groups in total. The van der Waals surface area contributed by atoms with E-state index in [0.717, 1.165) is 4.31 Å². The first-order chi connectivity index (χ1) is 11.6. The maximum Gasteiger partial charge on any atom is 0.247 e. The number of anilines is 2. The number of hydrogen-bond acceptors (Lipinski definition) is 4. The van der Waals surface area contributed by atoms with Gasteiger partial charge in [-0.15, -0.1) is 0 Å². The molecule has 0 aliphatic rings. The van der Waals surface area contributed by atoms with Crippen molar-refractivity contribution in [3.63, 3.8) is 0 Å². The molecule has 2 rings (SSSR count). The third-order valence-electron chi connectivity index (χ3n) is 3.19. The summed E-state index contributed by atoms with van der Waals surface area (Å²) < 4.78 is 25.6. The fourth-order valence-corrected chi connectivity index (χ4v) is 3.80. The molecule has 0 fully saturated rings. The Morgan fingerprint density at radius 2 is 1.64 bits per heavy atom. The van der Waals surface area contributed by atoms with Gasteiger partial charge in [-0.1, -0.05) is 35.3 Å². The molecule has 134 valence electrons. The number of halogens is 2. The van der Waals surface area contributed by atoms with Crippen LogP contribution in [0.2, 0.25) is 10.0 Å². The number of aromatic hydroxyl groups is 1. The molecule has 0 atom stereocenters. The van der Waals surface area contributed by atoms with Crippen LogP contribution in [0.1, 0.15) is 0 Å². The van der Waals surface area contributed by atoms with E-state index in [1.54, 1.807) is 24.3 Å². The van der Waals surface area contributed by atoms with Crippen molar-refractivity contribution in [1.82, 2.24) is 4.31 Å². The molecule has 0 aliphatic carbocycles. The zero-order chi connectivity index (χ0) is 18.8. The number of phenolic OH excluding ortho intramolecular Hbond substituents is 1. The van der Waals surface area contributed by atoms with E-state index in [1.807, 2.05) is 0 Å². The lowest BCUT2D eigenvalue weighted by molar-refractivity contribution is 0.455. The molecule has 0 spiro atoms. The summed E-state index contributed by atoms with van der Waals surface area (Å²) in [6.07, 6.45) is 0. The van der Waals surface area contributed by atoms with Crippen LogP contribution in [0.5, 0.6) is 5.75 Å². The Kier molecular flexibility index (Phi) is 6.12. The summed E-state index contributed by atoms with van der Waals surface area (Å²) in [4.78, 5) is -0.398. The number of hydrogen-bond donors (Lipinski definition) is 3. The molecule has 25 heavy (non-hydrogen) atoms. The van der Waals surface area contributed by atoms with Gasteiger partial charge in [-0.25, -0.2) is 12.7 Å². The normalized spacial score (nSPS) is 11.4. The third-order valence-corrected chi connectivity index (χ3v) is 6.04. The van der Waals surface area contributed by atoms with Crippen molar-refractivity contribution in [2.45, 2.75) is 4.90 Å². The molecular weight excluding hydrogens is 405 g/mol. The van der Waals surface area contributed by atoms with Gasteiger partial charge in [-0.2, -0.15) is 0 Å². The standard InChI is InChI=1S/C15H15Cl2N3O3S2/c1-20(2)25(22,23)14-10(17)7-8-12(13(14)21)19-15(24)18-11-6-4-3-5-9(11)16/h3-8,21H,1-2H3,(H2,18,19,24). The van der Waals surface area contributed by atoms with Gasteiger partial charge < -0.3 is 15.7 Å². The first kappa shape index (κ1) is 19.7. The molecule has 0 unspecified atom stereocenters. The van der Waals surface area contributed by atoms with Crippen molar-refractivity contribution in [2.24, 2.45) is 0 Å². The highest BCUT2D eigenvalue weighted by Gasteiger charge is 2.27. The van der Waals surface area contributed by atoms with Crippen molar-refractivity contribution >= 4 is 61.9 Å². The number of sulfonamides is 1. The Hall–Kier alpha value is -1.58. The van der Waals surface area contributed by atoms with Gasteiger partial charge in [0.25, 0.3) is 0 Å². The number of rotatable bonds is 4. The minimum atomic E-state index is -3.94. The second-order valence-corrected chi connectivity index (χ2v) is 8.43. The molecule has 0 saturated carbocycles. The molecule has 10 heteroatoms. The van der Waals surface area contributed by atoms with Crippen molar-refractivity contribution in [3.8, 4) is 5.75 Å². The summed E-state index contributed by atoms with van der Waals surface area (Å²) in [7, 11) is -1.25. The first-order valence-electron chi connectivity index (χ1n) is 6.91. The molecular formula is C15H15Cl2N3O3S2. The van der Waals surface area contributed by atoms with E-state index in [1.165, 1.54) is 26.2 Å². The minimum absolute atomic E-state index is 0.0920. The van der Waals surface area contributed by atoms with Crippen LogP contribution in [0.4, 0.5) is 11.4 Å². The zero-order valence-electron chi connectivity index (χ0n) is 13.2. The molecule has 2 aromatic carbocycles. The number of para-hydroxylation sites is 1. The highest BCUT2D eigenvalue weighted by Crippen LogP contribution is 2.38. The number of thiocarbonyl (C=S) groups is 1. The van der Waals surface area contributed by atoms with Crippen molar-refractivity contribution in [1.29, 1.82) is 0 Å². The monoisotopic (exact) mass is 419 g/mol. The molecule has 0 aromatic heterocycles. The lowest BCUT2D eigenvalue weighted by Crippen LogP contribution is -2.23. The summed E-state index contributed by atoms with van der Waals surface area (Å²) in [5.74, 6) is -0.524. The number of benzene rings is 2. The van der Waals surface area contributed by atoms with Crippen LogP contribution in [0.25, 0.3) is 0 Å². The molecule has 0 saturated heterocycles. The van der Waals surface area contributed by atoms with Gasteiger partial charge in [-0.3, -0.25) is 0 Å². The maximum atomic E-state index is 12.3. The Bertz CT molecular complexity index is 918. The zero-order valence-corrected chi connectivity index (χ0v) is 16.4. The second-order valence-electron chi connectivity index (χ2n) is 5.12. The van der Waals surface area contributed by atoms with E-state index in [4.69, 9.17) is 35.4 Å². The second kappa shape index (κ2) is 7.76. The van der Waals surface area contributed by atoms with E-state index in [9.17, 15) is 13.5 Å². The highest BCUT2D eigenvalue weighted by atomic mass is 35.5. The van der Waals surface area contributed by atoms with Crippen molar-refractivity contribution in [2.75, 3.05) is 24.7 Å². The molecule has 0 radical (unpaired) electrons. The average Bonchev–Trinajstić information content (AvgIpc) is 2.52. The van der Waals surface area contributed by atoms with Gasteiger partial charge in [0.2, 0.25) is 10.0 Å². The third kappa shape index (κ3) is 4.34. The summed E-state index contributed by atoms with van der Waals surface area (Å²) in [5.41, 5.74) is 0.658. The van der Waals surface area contributed by atoms with E-state index in [0.29, 0.717) is 10.7 Å². The van der Waals surface area contributed by atoms with Gasteiger partial charge in [0.15, 0.2) is 10.9 Å². The molecule has 0 bridgehead atoms. The van der Waals surface area contributed by atoms with Gasteiger partial charge >= 0.3 is 0 Å². The fourth-order valence-electron chi connectivity index (χ4n) is 1.91. The van der Waals surface area contributed by atoms with E-state index >= 15 is 0 Å². The Labute approximate surface area is 161 Å². The molecule has 0 aliphatic heterocycles. The van der Waals surface area contributed by atoms with E-state index in [2.05, 4.69) is 10.6 Å². The number of nitrogens with zero attached hydrogens (tertiary/aromatic N) is 1. The minimum Gasteiger partial charge on any atom is -0.504 e. The maximum absolute atomic E-state index is 12.3. The fraction of sp³-hybridized carbons (Fsp3) is 0.133. The average molecular weight is 420 g/mol. The molecule has 0 amide bonds. The van der Waals surface area contributed by atoms with Gasteiger partial charge in [0.05, 0.1) is 21.4 Å². The number of nitrogens with one attached hydrogen (secondary N) is 2. The smallest absolute Gasteiger partial charge is 0.247 e. The lowest BCUT2D eigenvalue weighted by Gasteiger charge is -2.17. The quantitative estimate of drug-likeness (QED) is 0.516. The molecule has 6 nitrogen and oxygen atoms in total. The predicted molar refractivity (Wildman–Crippen MR) is 105 cm³/mol. The number of phenols is 1. The van der Waals surface area contributed by atoms with Crippen LogP contribution in [0.3, 0.4) is 0 Å². The summed E-state index contributed by atoms with van der Waals surface area (Å²) in [5, 5.41) is 16.4. The Morgan fingerprint density at radius 3 is 2.24 bits per heavy atom. The van der Waals surface area contributed by atoms with Crippen LogP contribution < -0.4 is 10.6 Å².